The normalized spacial score (nSPS) is 17.8. The summed E-state index contributed by atoms with van der Waals surface area (Å²) in [4.78, 5) is 13.5. The van der Waals surface area contributed by atoms with Crippen LogP contribution in [0.4, 0.5) is 4.79 Å². The van der Waals surface area contributed by atoms with Gasteiger partial charge in [-0.05, 0) is 12.5 Å². The molecule has 0 saturated carbocycles. The standard InChI is InChI=1S/C16H20N2O2/c1-3-16(2,12-17)14-9-18(10-14)15(19)20-11-13-7-5-4-6-8-13/h1,4-8,14H,9-12,17H2,2H3. The van der Waals surface area contributed by atoms with Crippen LogP contribution in [0, 0.1) is 23.7 Å². The number of rotatable bonds is 4. The SMILES string of the molecule is C#CC(C)(CN)C1CN(C(=O)OCc2ccccc2)C1. The minimum atomic E-state index is -0.337. The maximum Gasteiger partial charge on any atom is 0.410 e. The van der Waals surface area contributed by atoms with E-state index in [2.05, 4.69) is 5.92 Å². The van der Waals surface area contributed by atoms with Gasteiger partial charge < -0.3 is 15.4 Å². The molecule has 1 aromatic rings. The molecule has 0 radical (unpaired) electrons. The van der Waals surface area contributed by atoms with E-state index in [0.29, 0.717) is 26.2 Å². The number of terminal acetylenes is 1. The third kappa shape index (κ3) is 2.94. The van der Waals surface area contributed by atoms with Crippen molar-refractivity contribution in [1.29, 1.82) is 0 Å². The smallest absolute Gasteiger partial charge is 0.410 e. The summed E-state index contributed by atoms with van der Waals surface area (Å²) in [5.41, 5.74) is 6.35. The first-order chi connectivity index (χ1) is 9.59. The Labute approximate surface area is 119 Å². The van der Waals surface area contributed by atoms with Crippen LogP contribution in [0.1, 0.15) is 12.5 Å². The molecule has 0 bridgehead atoms. The van der Waals surface area contributed by atoms with Gasteiger partial charge in [0.25, 0.3) is 0 Å². The number of benzene rings is 1. The van der Waals surface area contributed by atoms with Gasteiger partial charge in [-0.3, -0.25) is 0 Å². The largest absolute Gasteiger partial charge is 0.445 e. The molecule has 2 rings (SSSR count). The van der Waals surface area contributed by atoms with Gasteiger partial charge >= 0.3 is 6.09 Å². The van der Waals surface area contributed by atoms with E-state index < -0.39 is 0 Å². The number of likely N-dealkylation sites (tertiary alicyclic amines) is 1. The van der Waals surface area contributed by atoms with Crippen molar-refractivity contribution in [3.05, 3.63) is 35.9 Å². The van der Waals surface area contributed by atoms with Crippen LogP contribution in [0.5, 0.6) is 0 Å². The van der Waals surface area contributed by atoms with Gasteiger partial charge in [-0.25, -0.2) is 4.79 Å². The maximum absolute atomic E-state index is 11.9. The van der Waals surface area contributed by atoms with Crippen molar-refractivity contribution in [1.82, 2.24) is 4.90 Å². The van der Waals surface area contributed by atoms with Crippen molar-refractivity contribution in [2.75, 3.05) is 19.6 Å². The molecule has 4 nitrogen and oxygen atoms in total. The van der Waals surface area contributed by atoms with Crippen LogP contribution in [-0.4, -0.2) is 30.6 Å². The van der Waals surface area contributed by atoms with Gasteiger partial charge in [-0.2, -0.15) is 0 Å². The summed E-state index contributed by atoms with van der Waals surface area (Å²) >= 11 is 0. The molecule has 1 unspecified atom stereocenters. The van der Waals surface area contributed by atoms with Gasteiger partial charge in [0.1, 0.15) is 6.61 Å². The van der Waals surface area contributed by atoms with Crippen molar-refractivity contribution in [2.24, 2.45) is 17.1 Å². The van der Waals surface area contributed by atoms with Gasteiger partial charge in [-0.1, -0.05) is 36.3 Å². The summed E-state index contributed by atoms with van der Waals surface area (Å²) in [6.07, 6.45) is 5.23. The monoisotopic (exact) mass is 272 g/mol. The van der Waals surface area contributed by atoms with Crippen LogP contribution in [0.2, 0.25) is 0 Å². The van der Waals surface area contributed by atoms with E-state index in [4.69, 9.17) is 16.9 Å². The van der Waals surface area contributed by atoms with Crippen LogP contribution >= 0.6 is 0 Å². The van der Waals surface area contributed by atoms with Crippen LogP contribution in [-0.2, 0) is 11.3 Å². The highest BCUT2D eigenvalue weighted by molar-refractivity contribution is 5.68. The van der Waals surface area contributed by atoms with Crippen LogP contribution in [0.25, 0.3) is 0 Å². The molecular formula is C16H20N2O2. The minimum absolute atomic E-state index is 0.252. The third-order valence-corrected chi connectivity index (χ3v) is 4.00. The summed E-state index contributed by atoms with van der Waals surface area (Å²) in [6.45, 7) is 3.92. The number of hydrogen-bond donors (Lipinski definition) is 1. The molecule has 20 heavy (non-hydrogen) atoms. The Hall–Kier alpha value is -1.99. The number of ether oxygens (including phenoxy) is 1. The van der Waals surface area contributed by atoms with E-state index in [0.717, 1.165) is 5.56 Å². The Morgan fingerprint density at radius 3 is 2.70 bits per heavy atom. The minimum Gasteiger partial charge on any atom is -0.445 e. The second-order valence-corrected chi connectivity index (χ2v) is 5.41. The lowest BCUT2D eigenvalue weighted by atomic mass is 9.73. The average Bonchev–Trinajstić information content (AvgIpc) is 2.44. The predicted molar refractivity (Wildman–Crippen MR) is 77.7 cm³/mol. The quantitative estimate of drug-likeness (QED) is 0.851. The predicted octanol–water partition coefficient (Wildman–Crippen LogP) is 1.85. The van der Waals surface area contributed by atoms with Gasteiger partial charge in [0.05, 0.1) is 0 Å². The molecule has 0 aliphatic carbocycles. The molecule has 1 aliphatic heterocycles. The molecule has 1 aliphatic rings. The summed E-state index contributed by atoms with van der Waals surface area (Å²) in [5.74, 6) is 3.00. The Bertz CT molecular complexity index is 503. The molecule has 4 heteroatoms. The fraction of sp³-hybridized carbons (Fsp3) is 0.438. The summed E-state index contributed by atoms with van der Waals surface area (Å²) in [6, 6.07) is 9.62. The topological polar surface area (TPSA) is 55.6 Å². The van der Waals surface area contributed by atoms with Crippen LogP contribution in [0.3, 0.4) is 0 Å². The fourth-order valence-electron chi connectivity index (χ4n) is 2.18. The van der Waals surface area contributed by atoms with E-state index in [-0.39, 0.29) is 17.4 Å². The Kier molecular flexibility index (Phi) is 4.31. The maximum atomic E-state index is 11.9. The first kappa shape index (κ1) is 14.4. The number of nitrogens with two attached hydrogens (primary N) is 1. The van der Waals surface area contributed by atoms with Crippen molar-refractivity contribution in [3.63, 3.8) is 0 Å². The molecule has 1 amide bonds. The average molecular weight is 272 g/mol. The van der Waals surface area contributed by atoms with E-state index >= 15 is 0 Å². The highest BCUT2D eigenvalue weighted by atomic mass is 16.6. The number of carbonyl (C=O) groups is 1. The molecule has 1 atom stereocenters. The molecule has 1 aromatic carbocycles. The van der Waals surface area contributed by atoms with Gasteiger partial charge in [-0.15, -0.1) is 6.42 Å². The lowest BCUT2D eigenvalue weighted by molar-refractivity contribution is 0.0200. The molecule has 1 fully saturated rings. The number of nitrogens with zero attached hydrogens (tertiary/aromatic N) is 1. The molecule has 0 spiro atoms. The first-order valence-electron chi connectivity index (χ1n) is 6.72. The molecular weight excluding hydrogens is 252 g/mol. The second kappa shape index (κ2) is 5.98. The molecule has 2 N–H and O–H groups in total. The molecule has 0 aromatic heterocycles. The highest BCUT2D eigenvalue weighted by Gasteiger charge is 2.42. The van der Waals surface area contributed by atoms with Gasteiger partial charge in [0.15, 0.2) is 0 Å². The van der Waals surface area contributed by atoms with E-state index in [1.54, 1.807) is 4.90 Å². The lowest BCUT2D eigenvalue weighted by Gasteiger charge is -2.45. The molecule has 1 saturated heterocycles. The van der Waals surface area contributed by atoms with Crippen molar-refractivity contribution in [3.8, 4) is 12.3 Å². The molecule has 1 heterocycles. The number of hydrogen-bond acceptors (Lipinski definition) is 3. The summed E-state index contributed by atoms with van der Waals surface area (Å²) in [5, 5.41) is 0. The van der Waals surface area contributed by atoms with E-state index in [9.17, 15) is 4.79 Å². The van der Waals surface area contributed by atoms with Crippen molar-refractivity contribution in [2.45, 2.75) is 13.5 Å². The second-order valence-electron chi connectivity index (χ2n) is 5.41. The zero-order valence-electron chi connectivity index (χ0n) is 11.7. The fourth-order valence-corrected chi connectivity index (χ4v) is 2.18. The van der Waals surface area contributed by atoms with E-state index in [1.165, 1.54) is 0 Å². The van der Waals surface area contributed by atoms with E-state index in [1.807, 2.05) is 37.3 Å². The summed E-state index contributed by atoms with van der Waals surface area (Å²) < 4.78 is 5.26. The third-order valence-electron chi connectivity index (χ3n) is 4.00. The first-order valence-corrected chi connectivity index (χ1v) is 6.72. The van der Waals surface area contributed by atoms with Gasteiger partial charge in [0, 0.05) is 31.0 Å². The van der Waals surface area contributed by atoms with Gasteiger partial charge in [0.2, 0.25) is 0 Å². The van der Waals surface area contributed by atoms with Crippen LogP contribution < -0.4 is 5.73 Å². The Balaban J connectivity index is 1.79. The highest BCUT2D eigenvalue weighted by Crippen LogP contribution is 2.33. The number of amides is 1. The zero-order chi connectivity index (χ0) is 14.6. The molecule has 106 valence electrons. The Morgan fingerprint density at radius 1 is 1.50 bits per heavy atom. The number of carbonyl (C=O) groups excluding carboxylic acids is 1. The van der Waals surface area contributed by atoms with Crippen molar-refractivity contribution < 1.29 is 9.53 Å². The summed E-state index contributed by atoms with van der Waals surface area (Å²) in [7, 11) is 0. The van der Waals surface area contributed by atoms with Crippen LogP contribution in [0.15, 0.2) is 30.3 Å². The Morgan fingerprint density at radius 2 is 2.15 bits per heavy atom. The lowest BCUT2D eigenvalue weighted by Crippen LogP contribution is -2.57. The zero-order valence-corrected chi connectivity index (χ0v) is 11.7. The van der Waals surface area contributed by atoms with Crippen molar-refractivity contribution >= 4 is 6.09 Å².